The molecule has 1 aliphatic heterocycles. The summed E-state index contributed by atoms with van der Waals surface area (Å²) in [4.78, 5) is 11.4. The fourth-order valence-electron chi connectivity index (χ4n) is 2.02. The molecule has 0 saturated carbocycles. The van der Waals surface area contributed by atoms with Crippen LogP contribution in [0.1, 0.15) is 15.9 Å². The largest absolute Gasteiger partial charge is 0.489 e. The van der Waals surface area contributed by atoms with Crippen LogP contribution in [0.3, 0.4) is 0 Å². The van der Waals surface area contributed by atoms with Crippen molar-refractivity contribution in [1.29, 1.82) is 0 Å². The smallest absolute Gasteiger partial charge is 0.203 e. The molecule has 0 fully saturated rings. The number of hydrogen-bond acceptors (Lipinski definition) is 3. The third-order valence-corrected chi connectivity index (χ3v) is 3.40. The molecular weight excluding hydrogens is 327 g/mol. The number of ether oxygens (including phenoxy) is 2. The highest BCUT2D eigenvalue weighted by Gasteiger charge is 2.21. The van der Waals surface area contributed by atoms with Crippen molar-refractivity contribution in [3.8, 4) is 11.5 Å². The minimum atomic E-state index is -0.319. The van der Waals surface area contributed by atoms with Gasteiger partial charge in [0.05, 0.1) is 5.56 Å². The Kier molecular flexibility index (Phi) is 3.44. The van der Waals surface area contributed by atoms with Gasteiger partial charge in [-0.1, -0.05) is 15.9 Å². The Morgan fingerprint density at radius 3 is 2.90 bits per heavy atom. The molecule has 0 unspecified atom stereocenters. The summed E-state index contributed by atoms with van der Waals surface area (Å²) in [5.41, 5.74) is 1.29. The van der Waals surface area contributed by atoms with Gasteiger partial charge < -0.3 is 9.47 Å². The summed E-state index contributed by atoms with van der Waals surface area (Å²) in [5.74, 6) is 0.772. The molecule has 1 heterocycles. The van der Waals surface area contributed by atoms with Crippen molar-refractivity contribution < 1.29 is 18.7 Å². The summed E-state index contributed by atoms with van der Waals surface area (Å²) in [5, 5.41) is 0. The first-order valence-electron chi connectivity index (χ1n) is 5.99. The van der Waals surface area contributed by atoms with Gasteiger partial charge in [0.1, 0.15) is 23.9 Å². The third-order valence-electron chi connectivity index (χ3n) is 2.94. The van der Waals surface area contributed by atoms with E-state index in [4.69, 9.17) is 9.47 Å². The summed E-state index contributed by atoms with van der Waals surface area (Å²) in [6.45, 7) is 0.318. The zero-order chi connectivity index (χ0) is 14.1. The summed E-state index contributed by atoms with van der Waals surface area (Å²) in [7, 11) is 0. The first-order valence-corrected chi connectivity index (χ1v) is 6.79. The maximum atomic E-state index is 13.2. The number of benzene rings is 2. The number of carbonyl (C=O) groups is 1. The van der Waals surface area contributed by atoms with Gasteiger partial charge in [-0.2, -0.15) is 0 Å². The van der Waals surface area contributed by atoms with Crippen LogP contribution >= 0.6 is 15.9 Å². The second-order valence-corrected chi connectivity index (χ2v) is 5.35. The molecule has 0 aliphatic carbocycles. The molecule has 0 spiro atoms. The monoisotopic (exact) mass is 336 g/mol. The van der Waals surface area contributed by atoms with Gasteiger partial charge in [0.15, 0.2) is 6.61 Å². The second kappa shape index (κ2) is 5.25. The molecule has 2 aromatic rings. The number of hydrogen-bond donors (Lipinski definition) is 0. The fraction of sp³-hybridized carbons (Fsp3) is 0.133. The molecule has 5 heteroatoms. The molecule has 0 amide bonds. The van der Waals surface area contributed by atoms with Gasteiger partial charge in [0.25, 0.3) is 0 Å². The average molecular weight is 337 g/mol. The first kappa shape index (κ1) is 13.1. The third kappa shape index (κ3) is 2.67. The van der Waals surface area contributed by atoms with E-state index >= 15 is 0 Å². The van der Waals surface area contributed by atoms with Crippen molar-refractivity contribution in [2.24, 2.45) is 0 Å². The number of rotatable bonds is 3. The predicted molar refractivity (Wildman–Crippen MR) is 74.7 cm³/mol. The molecule has 0 saturated heterocycles. The number of carbonyl (C=O) groups excluding carboxylic acids is 1. The van der Waals surface area contributed by atoms with Crippen LogP contribution in [0.15, 0.2) is 40.9 Å². The van der Waals surface area contributed by atoms with E-state index in [0.29, 0.717) is 21.5 Å². The van der Waals surface area contributed by atoms with Gasteiger partial charge in [-0.25, -0.2) is 4.39 Å². The van der Waals surface area contributed by atoms with Crippen LogP contribution in [0.25, 0.3) is 0 Å². The predicted octanol–water partition coefficient (Wildman–Crippen LogP) is 3.74. The molecule has 1 aliphatic rings. The van der Waals surface area contributed by atoms with E-state index in [9.17, 15) is 9.18 Å². The quantitative estimate of drug-likeness (QED) is 0.856. The Morgan fingerprint density at radius 1 is 1.25 bits per heavy atom. The number of fused-ring (bicyclic) bond motifs is 1. The summed E-state index contributed by atoms with van der Waals surface area (Å²) < 4.78 is 24.7. The Balaban J connectivity index is 1.74. The van der Waals surface area contributed by atoms with E-state index in [1.54, 1.807) is 24.3 Å². The maximum absolute atomic E-state index is 13.2. The summed E-state index contributed by atoms with van der Waals surface area (Å²) in [6, 6.07) is 9.66. The number of halogens is 2. The van der Waals surface area contributed by atoms with Gasteiger partial charge in [-0.3, -0.25) is 4.79 Å². The number of Topliss-reactive ketones (excluding diaryl/α,β-unsaturated/α-hetero) is 1. The molecule has 102 valence electrons. The molecule has 20 heavy (non-hydrogen) atoms. The van der Waals surface area contributed by atoms with Gasteiger partial charge in [-0.15, -0.1) is 0 Å². The number of ketones is 1. The minimum absolute atomic E-state index is 0.0272. The maximum Gasteiger partial charge on any atom is 0.203 e. The second-order valence-electron chi connectivity index (χ2n) is 4.44. The standard InChI is InChI=1S/C15H10BrFO3/c16-10-3-9(4-11(17)5-10)7-19-12-1-2-13-14(18)8-20-15(13)6-12/h1-6H,7-8H2. The van der Waals surface area contributed by atoms with Crippen molar-refractivity contribution in [2.75, 3.05) is 6.61 Å². The van der Waals surface area contributed by atoms with Crippen LogP contribution in [0.4, 0.5) is 4.39 Å². The van der Waals surface area contributed by atoms with Crippen molar-refractivity contribution in [1.82, 2.24) is 0 Å². The highest BCUT2D eigenvalue weighted by atomic mass is 79.9. The highest BCUT2D eigenvalue weighted by Crippen LogP contribution is 2.30. The lowest BCUT2D eigenvalue weighted by molar-refractivity contribution is 0.0961. The van der Waals surface area contributed by atoms with Gasteiger partial charge in [-0.05, 0) is 35.9 Å². The Morgan fingerprint density at radius 2 is 2.10 bits per heavy atom. The Hall–Kier alpha value is -1.88. The minimum Gasteiger partial charge on any atom is -0.489 e. The molecule has 2 aromatic carbocycles. The molecule has 3 rings (SSSR count). The van der Waals surface area contributed by atoms with E-state index in [0.717, 1.165) is 5.56 Å². The van der Waals surface area contributed by atoms with Crippen molar-refractivity contribution in [3.63, 3.8) is 0 Å². The average Bonchev–Trinajstić information content (AvgIpc) is 2.77. The lowest BCUT2D eigenvalue weighted by Gasteiger charge is -2.08. The van der Waals surface area contributed by atoms with Crippen LogP contribution in [-0.2, 0) is 6.61 Å². The zero-order valence-electron chi connectivity index (χ0n) is 10.4. The lowest BCUT2D eigenvalue weighted by atomic mass is 10.1. The van der Waals surface area contributed by atoms with E-state index < -0.39 is 0 Å². The SMILES string of the molecule is O=C1COc2cc(OCc3cc(F)cc(Br)c3)ccc21. The Bertz CT molecular complexity index is 665. The molecule has 0 aromatic heterocycles. The molecular formula is C15H10BrFO3. The molecule has 0 N–H and O–H groups in total. The van der Waals surface area contributed by atoms with E-state index in [-0.39, 0.29) is 24.8 Å². The molecule has 3 nitrogen and oxygen atoms in total. The van der Waals surface area contributed by atoms with Gasteiger partial charge in [0.2, 0.25) is 5.78 Å². The van der Waals surface area contributed by atoms with Crippen LogP contribution in [0.2, 0.25) is 0 Å². The Labute approximate surface area is 123 Å². The molecule has 0 radical (unpaired) electrons. The van der Waals surface area contributed by atoms with Crippen LogP contribution in [0, 0.1) is 5.82 Å². The van der Waals surface area contributed by atoms with Crippen molar-refractivity contribution >= 4 is 21.7 Å². The van der Waals surface area contributed by atoms with Crippen LogP contribution in [0.5, 0.6) is 11.5 Å². The van der Waals surface area contributed by atoms with Crippen molar-refractivity contribution in [3.05, 3.63) is 57.8 Å². The summed E-state index contributed by atoms with van der Waals surface area (Å²) in [6.07, 6.45) is 0. The van der Waals surface area contributed by atoms with Crippen molar-refractivity contribution in [2.45, 2.75) is 6.61 Å². The summed E-state index contributed by atoms with van der Waals surface area (Å²) >= 11 is 3.23. The van der Waals surface area contributed by atoms with E-state index in [1.165, 1.54) is 12.1 Å². The zero-order valence-corrected chi connectivity index (χ0v) is 11.9. The highest BCUT2D eigenvalue weighted by molar-refractivity contribution is 9.10. The van der Waals surface area contributed by atoms with Gasteiger partial charge >= 0.3 is 0 Å². The van der Waals surface area contributed by atoms with Crippen LogP contribution < -0.4 is 9.47 Å². The lowest BCUT2D eigenvalue weighted by Crippen LogP contribution is -1.98. The molecule has 0 atom stereocenters. The van der Waals surface area contributed by atoms with E-state index in [2.05, 4.69) is 15.9 Å². The fourth-order valence-corrected chi connectivity index (χ4v) is 2.54. The normalized spacial score (nSPS) is 13.0. The van der Waals surface area contributed by atoms with Gasteiger partial charge in [0, 0.05) is 10.5 Å². The van der Waals surface area contributed by atoms with E-state index in [1.807, 2.05) is 0 Å². The first-order chi connectivity index (χ1) is 9.61. The van der Waals surface area contributed by atoms with Crippen LogP contribution in [-0.4, -0.2) is 12.4 Å². The topological polar surface area (TPSA) is 35.5 Å². The molecule has 0 bridgehead atoms.